The van der Waals surface area contributed by atoms with Crippen LogP contribution >= 0.6 is 11.8 Å². The molecule has 2 aromatic carbocycles. The average Bonchev–Trinajstić information content (AvgIpc) is 3.03. The lowest BCUT2D eigenvalue weighted by atomic mass is 10.1. The van der Waals surface area contributed by atoms with Gasteiger partial charge in [0, 0.05) is 17.9 Å². The van der Waals surface area contributed by atoms with E-state index >= 15 is 0 Å². The molecular formula is C18H18N2O2S. The van der Waals surface area contributed by atoms with Gasteiger partial charge in [0.15, 0.2) is 5.17 Å². The van der Waals surface area contributed by atoms with Gasteiger partial charge in [-0.1, -0.05) is 60.3 Å². The lowest BCUT2D eigenvalue weighted by Gasteiger charge is -2.21. The molecule has 118 valence electrons. The van der Waals surface area contributed by atoms with E-state index in [0.717, 1.165) is 17.9 Å². The molecular weight excluding hydrogens is 308 g/mol. The number of aliphatic hydroxyl groups excluding tert-OH is 1. The summed E-state index contributed by atoms with van der Waals surface area (Å²) < 4.78 is 0. The van der Waals surface area contributed by atoms with Crippen LogP contribution in [0.1, 0.15) is 22.0 Å². The summed E-state index contributed by atoms with van der Waals surface area (Å²) in [6.45, 7) is 1.23. The molecule has 4 nitrogen and oxygen atoms in total. The summed E-state index contributed by atoms with van der Waals surface area (Å²) in [5.41, 5.74) is 1.45. The Hall–Kier alpha value is -2.11. The quantitative estimate of drug-likeness (QED) is 0.938. The van der Waals surface area contributed by atoms with E-state index in [0.29, 0.717) is 17.3 Å². The fourth-order valence-electron chi connectivity index (χ4n) is 2.43. The number of nitrogens with zero attached hydrogens (tertiary/aromatic N) is 2. The molecule has 1 aliphatic heterocycles. The highest BCUT2D eigenvalue weighted by atomic mass is 32.2. The largest absolute Gasteiger partial charge is 0.387 e. The fourth-order valence-corrected chi connectivity index (χ4v) is 3.42. The number of amidine groups is 1. The zero-order valence-electron chi connectivity index (χ0n) is 12.6. The monoisotopic (exact) mass is 326 g/mol. The molecule has 0 aromatic heterocycles. The van der Waals surface area contributed by atoms with Crippen LogP contribution in [-0.4, -0.2) is 39.9 Å². The molecule has 0 aliphatic carbocycles. The van der Waals surface area contributed by atoms with Crippen molar-refractivity contribution in [1.82, 2.24) is 4.90 Å². The van der Waals surface area contributed by atoms with Crippen LogP contribution in [-0.2, 0) is 0 Å². The molecule has 1 amide bonds. The Morgan fingerprint density at radius 3 is 2.48 bits per heavy atom. The number of thioether (sulfide) groups is 1. The number of carbonyl (C=O) groups is 1. The zero-order valence-corrected chi connectivity index (χ0v) is 13.4. The van der Waals surface area contributed by atoms with E-state index in [-0.39, 0.29) is 5.91 Å². The molecule has 1 atom stereocenters. The van der Waals surface area contributed by atoms with Gasteiger partial charge in [-0.05, 0) is 17.7 Å². The lowest BCUT2D eigenvalue weighted by Crippen LogP contribution is -2.30. The fraction of sp³-hybridized carbons (Fsp3) is 0.222. The predicted octanol–water partition coefficient (Wildman–Crippen LogP) is 2.97. The summed E-state index contributed by atoms with van der Waals surface area (Å²) in [4.78, 5) is 18.4. The van der Waals surface area contributed by atoms with Crippen molar-refractivity contribution in [2.45, 2.75) is 6.10 Å². The Bertz CT molecular complexity index is 689. The maximum absolute atomic E-state index is 12.2. The van der Waals surface area contributed by atoms with Crippen LogP contribution in [0.2, 0.25) is 0 Å². The molecule has 1 unspecified atom stereocenters. The first-order chi connectivity index (χ1) is 11.2. The van der Waals surface area contributed by atoms with E-state index in [1.165, 1.54) is 0 Å². The van der Waals surface area contributed by atoms with Gasteiger partial charge in [0.2, 0.25) is 0 Å². The van der Waals surface area contributed by atoms with Crippen molar-refractivity contribution in [3.8, 4) is 0 Å². The SMILES string of the molecule is O=C(N=C1SCCN1CC(O)c1ccccc1)c1ccccc1. The summed E-state index contributed by atoms with van der Waals surface area (Å²) in [7, 11) is 0. The summed E-state index contributed by atoms with van der Waals surface area (Å²) in [6.07, 6.45) is -0.591. The van der Waals surface area contributed by atoms with E-state index < -0.39 is 6.10 Å². The van der Waals surface area contributed by atoms with Crippen molar-refractivity contribution < 1.29 is 9.90 Å². The summed E-state index contributed by atoms with van der Waals surface area (Å²) in [5.74, 6) is 0.636. The first-order valence-electron chi connectivity index (χ1n) is 7.53. The van der Waals surface area contributed by atoms with Gasteiger partial charge >= 0.3 is 0 Å². The first-order valence-corrected chi connectivity index (χ1v) is 8.51. The molecule has 2 aromatic rings. The number of hydrogen-bond acceptors (Lipinski definition) is 3. The van der Waals surface area contributed by atoms with Crippen molar-refractivity contribution in [2.24, 2.45) is 4.99 Å². The second kappa shape index (κ2) is 7.44. The Balaban J connectivity index is 1.70. The molecule has 5 heteroatoms. The summed E-state index contributed by atoms with van der Waals surface area (Å²) >= 11 is 1.55. The van der Waals surface area contributed by atoms with Gasteiger partial charge in [0.25, 0.3) is 5.91 Å². The minimum absolute atomic E-state index is 0.241. The van der Waals surface area contributed by atoms with Crippen LogP contribution in [0, 0.1) is 0 Å². The molecule has 1 saturated heterocycles. The van der Waals surface area contributed by atoms with Gasteiger partial charge in [0.1, 0.15) is 0 Å². The summed E-state index contributed by atoms with van der Waals surface area (Å²) in [5, 5.41) is 11.0. The van der Waals surface area contributed by atoms with Crippen LogP contribution in [0.4, 0.5) is 0 Å². The molecule has 1 aliphatic rings. The average molecular weight is 326 g/mol. The standard InChI is InChI=1S/C18H18N2O2S/c21-16(14-7-3-1-4-8-14)13-20-11-12-23-18(20)19-17(22)15-9-5-2-6-10-15/h1-10,16,21H,11-13H2. The molecule has 1 N–H and O–H groups in total. The third-order valence-electron chi connectivity index (χ3n) is 3.66. The van der Waals surface area contributed by atoms with Crippen LogP contribution in [0.5, 0.6) is 0 Å². The molecule has 3 rings (SSSR count). The summed E-state index contributed by atoms with van der Waals surface area (Å²) in [6, 6.07) is 18.6. The number of aliphatic hydroxyl groups is 1. The van der Waals surface area contributed by atoms with E-state index in [1.54, 1.807) is 23.9 Å². The number of hydrogen-bond donors (Lipinski definition) is 1. The van der Waals surface area contributed by atoms with Gasteiger partial charge in [-0.15, -0.1) is 0 Å². The zero-order chi connectivity index (χ0) is 16.1. The van der Waals surface area contributed by atoms with Crippen LogP contribution in [0.3, 0.4) is 0 Å². The number of β-amino-alcohol motifs (C(OH)–C–C–N with tert-alkyl or cyclic N) is 1. The van der Waals surface area contributed by atoms with Crippen molar-refractivity contribution >= 4 is 22.8 Å². The highest BCUT2D eigenvalue weighted by Gasteiger charge is 2.23. The lowest BCUT2D eigenvalue weighted by molar-refractivity contribution is 0.1000. The van der Waals surface area contributed by atoms with Gasteiger partial charge in [-0.2, -0.15) is 4.99 Å². The van der Waals surface area contributed by atoms with Crippen molar-refractivity contribution in [3.05, 3.63) is 71.8 Å². The van der Waals surface area contributed by atoms with Crippen LogP contribution < -0.4 is 0 Å². The van der Waals surface area contributed by atoms with Crippen molar-refractivity contribution in [1.29, 1.82) is 0 Å². The molecule has 0 bridgehead atoms. The molecule has 23 heavy (non-hydrogen) atoms. The topological polar surface area (TPSA) is 52.9 Å². The maximum Gasteiger partial charge on any atom is 0.279 e. The number of rotatable bonds is 4. The van der Waals surface area contributed by atoms with Crippen LogP contribution in [0.25, 0.3) is 0 Å². The third kappa shape index (κ3) is 4.00. The highest BCUT2D eigenvalue weighted by Crippen LogP contribution is 2.22. The Kier molecular flexibility index (Phi) is 5.10. The molecule has 1 fully saturated rings. The smallest absolute Gasteiger partial charge is 0.279 e. The van der Waals surface area contributed by atoms with Crippen molar-refractivity contribution in [2.75, 3.05) is 18.8 Å². The Morgan fingerprint density at radius 1 is 1.13 bits per heavy atom. The number of benzene rings is 2. The van der Waals surface area contributed by atoms with E-state index in [9.17, 15) is 9.90 Å². The normalized spacial score (nSPS) is 17.4. The molecule has 0 radical (unpaired) electrons. The predicted molar refractivity (Wildman–Crippen MR) is 93.6 cm³/mol. The number of amides is 1. The molecule has 0 saturated carbocycles. The second-order valence-corrected chi connectivity index (χ2v) is 6.35. The molecule has 1 heterocycles. The van der Waals surface area contributed by atoms with E-state index in [2.05, 4.69) is 4.99 Å². The second-order valence-electron chi connectivity index (χ2n) is 5.29. The molecule has 0 spiro atoms. The van der Waals surface area contributed by atoms with Crippen molar-refractivity contribution in [3.63, 3.8) is 0 Å². The van der Waals surface area contributed by atoms with Gasteiger partial charge in [-0.3, -0.25) is 4.79 Å². The maximum atomic E-state index is 12.2. The van der Waals surface area contributed by atoms with Gasteiger partial charge < -0.3 is 10.0 Å². The van der Waals surface area contributed by atoms with Crippen LogP contribution in [0.15, 0.2) is 65.7 Å². The van der Waals surface area contributed by atoms with E-state index in [4.69, 9.17) is 0 Å². The third-order valence-corrected chi connectivity index (χ3v) is 4.65. The minimum Gasteiger partial charge on any atom is -0.387 e. The van der Waals surface area contributed by atoms with Gasteiger partial charge in [-0.25, -0.2) is 0 Å². The van der Waals surface area contributed by atoms with Gasteiger partial charge in [0.05, 0.1) is 12.6 Å². The van der Waals surface area contributed by atoms with E-state index in [1.807, 2.05) is 53.4 Å². The first kappa shape index (κ1) is 15.8. The Labute approximate surface area is 139 Å². The minimum atomic E-state index is -0.591. The Morgan fingerprint density at radius 2 is 1.78 bits per heavy atom. The number of aliphatic imine (C=N–C) groups is 1. The number of carbonyl (C=O) groups excluding carboxylic acids is 1. The highest BCUT2D eigenvalue weighted by molar-refractivity contribution is 8.14.